The second kappa shape index (κ2) is 7.65. The van der Waals surface area contributed by atoms with Crippen molar-refractivity contribution in [1.82, 2.24) is 9.97 Å². The number of nitrogens with one attached hydrogen (secondary N) is 1. The van der Waals surface area contributed by atoms with Crippen molar-refractivity contribution in [1.29, 1.82) is 0 Å². The first-order valence-corrected chi connectivity index (χ1v) is 8.08. The first kappa shape index (κ1) is 16.1. The van der Waals surface area contributed by atoms with Crippen molar-refractivity contribution in [2.75, 3.05) is 5.32 Å². The number of aromatic nitrogens is 2. The molecule has 0 saturated carbocycles. The molecule has 0 aliphatic carbocycles. The van der Waals surface area contributed by atoms with Crippen molar-refractivity contribution in [3.63, 3.8) is 0 Å². The van der Waals surface area contributed by atoms with Gasteiger partial charge in [-0.3, -0.25) is 9.78 Å². The summed E-state index contributed by atoms with van der Waals surface area (Å²) in [5, 5.41) is 5.31. The summed E-state index contributed by atoms with van der Waals surface area (Å²) in [4.78, 5) is 20.3. The molecule has 1 N–H and O–H groups in total. The third kappa shape index (κ3) is 4.60. The first-order valence-electron chi connectivity index (χ1n) is 7.20. The van der Waals surface area contributed by atoms with Crippen molar-refractivity contribution in [3.05, 3.63) is 70.7 Å². The van der Waals surface area contributed by atoms with Gasteiger partial charge in [-0.15, -0.1) is 11.3 Å². The molecule has 0 aliphatic rings. The second-order valence-corrected chi connectivity index (χ2v) is 5.88. The number of anilines is 1. The number of rotatable bonds is 6. The minimum atomic E-state index is -0.342. The van der Waals surface area contributed by atoms with Gasteiger partial charge in [0.1, 0.15) is 23.2 Å². The maximum Gasteiger partial charge on any atom is 0.230 e. The van der Waals surface area contributed by atoms with Crippen molar-refractivity contribution in [2.24, 2.45) is 0 Å². The van der Waals surface area contributed by atoms with Gasteiger partial charge in [-0.1, -0.05) is 0 Å². The molecule has 122 valence electrons. The standard InChI is InChI=1S/C17H14FN3O2S/c18-12-3-5-13(6-4-12)20-16(22)8-14-11-24-17(21-14)10-23-15-2-1-7-19-9-15/h1-7,9,11H,8,10H2,(H,20,22). The monoisotopic (exact) mass is 343 g/mol. The molecule has 2 aromatic heterocycles. The lowest BCUT2D eigenvalue weighted by atomic mass is 10.3. The van der Waals surface area contributed by atoms with Gasteiger partial charge in [0.05, 0.1) is 18.3 Å². The van der Waals surface area contributed by atoms with Crippen LogP contribution in [0.1, 0.15) is 10.7 Å². The van der Waals surface area contributed by atoms with Gasteiger partial charge in [-0.05, 0) is 36.4 Å². The number of hydrogen-bond donors (Lipinski definition) is 1. The number of benzene rings is 1. The predicted octanol–water partition coefficient (Wildman–Crippen LogP) is 3.44. The van der Waals surface area contributed by atoms with Crippen molar-refractivity contribution >= 4 is 22.9 Å². The topological polar surface area (TPSA) is 64.1 Å². The van der Waals surface area contributed by atoms with E-state index in [9.17, 15) is 9.18 Å². The number of amides is 1. The van der Waals surface area contributed by atoms with E-state index in [4.69, 9.17) is 4.74 Å². The summed E-state index contributed by atoms with van der Waals surface area (Å²) in [6, 6.07) is 9.24. The molecule has 0 unspecified atom stereocenters. The molecule has 1 aromatic carbocycles. The number of ether oxygens (including phenoxy) is 1. The number of carbonyl (C=O) groups excluding carboxylic acids is 1. The molecule has 2 heterocycles. The summed E-state index contributed by atoms with van der Waals surface area (Å²) in [5.74, 6) is 0.126. The van der Waals surface area contributed by atoms with Gasteiger partial charge >= 0.3 is 0 Å². The zero-order valence-electron chi connectivity index (χ0n) is 12.6. The normalized spacial score (nSPS) is 10.4. The zero-order valence-corrected chi connectivity index (χ0v) is 13.4. The van der Waals surface area contributed by atoms with E-state index in [1.54, 1.807) is 18.5 Å². The number of halogens is 1. The summed E-state index contributed by atoms with van der Waals surface area (Å²) < 4.78 is 18.4. The fourth-order valence-corrected chi connectivity index (χ4v) is 2.68. The van der Waals surface area contributed by atoms with E-state index in [2.05, 4.69) is 15.3 Å². The van der Waals surface area contributed by atoms with Gasteiger partial charge < -0.3 is 10.1 Å². The number of pyridine rings is 1. The summed E-state index contributed by atoms with van der Waals surface area (Å²) in [7, 11) is 0. The summed E-state index contributed by atoms with van der Waals surface area (Å²) in [6.07, 6.45) is 3.46. The van der Waals surface area contributed by atoms with Crippen molar-refractivity contribution in [2.45, 2.75) is 13.0 Å². The van der Waals surface area contributed by atoms with Crippen LogP contribution in [0.15, 0.2) is 54.2 Å². The highest BCUT2D eigenvalue weighted by molar-refractivity contribution is 7.09. The molecule has 0 spiro atoms. The Hall–Kier alpha value is -2.80. The zero-order chi connectivity index (χ0) is 16.8. The van der Waals surface area contributed by atoms with E-state index in [1.165, 1.54) is 35.6 Å². The molecule has 5 nitrogen and oxygen atoms in total. The Morgan fingerprint density at radius 2 is 2.08 bits per heavy atom. The number of nitrogens with zero attached hydrogens (tertiary/aromatic N) is 2. The van der Waals surface area contributed by atoms with Gasteiger partial charge in [-0.25, -0.2) is 9.37 Å². The highest BCUT2D eigenvalue weighted by Crippen LogP contribution is 2.15. The predicted molar refractivity (Wildman–Crippen MR) is 89.4 cm³/mol. The molecule has 0 radical (unpaired) electrons. The van der Waals surface area contributed by atoms with Crippen molar-refractivity contribution in [3.8, 4) is 5.75 Å². The Kier molecular flexibility index (Phi) is 5.12. The van der Waals surface area contributed by atoms with Crippen LogP contribution in [-0.2, 0) is 17.8 Å². The molecule has 0 atom stereocenters. The summed E-state index contributed by atoms with van der Waals surface area (Å²) >= 11 is 1.43. The molecule has 7 heteroatoms. The van der Waals surface area contributed by atoms with Crippen molar-refractivity contribution < 1.29 is 13.9 Å². The van der Waals surface area contributed by atoms with Gasteiger partial charge in [0.25, 0.3) is 0 Å². The SMILES string of the molecule is O=C(Cc1csc(COc2cccnc2)n1)Nc1ccc(F)cc1. The number of carbonyl (C=O) groups is 1. The maximum atomic E-state index is 12.8. The molecule has 0 fully saturated rings. The van der Waals surface area contributed by atoms with Gasteiger partial charge in [0, 0.05) is 17.3 Å². The van der Waals surface area contributed by atoms with Crippen LogP contribution in [0, 0.1) is 5.82 Å². The molecule has 24 heavy (non-hydrogen) atoms. The Morgan fingerprint density at radius 1 is 1.25 bits per heavy atom. The van der Waals surface area contributed by atoms with Gasteiger partial charge in [-0.2, -0.15) is 0 Å². The highest BCUT2D eigenvalue weighted by atomic mass is 32.1. The third-order valence-electron chi connectivity index (χ3n) is 3.07. The Bertz CT molecular complexity index is 806. The molecule has 0 aliphatic heterocycles. The Balaban J connectivity index is 1.51. The van der Waals surface area contributed by atoms with E-state index in [0.29, 0.717) is 23.7 Å². The van der Waals surface area contributed by atoms with E-state index >= 15 is 0 Å². The minimum Gasteiger partial charge on any atom is -0.485 e. The van der Waals surface area contributed by atoms with Crippen LogP contribution in [-0.4, -0.2) is 15.9 Å². The first-order chi connectivity index (χ1) is 11.7. The molecular weight excluding hydrogens is 329 g/mol. The quantitative estimate of drug-likeness (QED) is 0.745. The van der Waals surface area contributed by atoms with Gasteiger partial charge in [0.15, 0.2) is 0 Å². The largest absolute Gasteiger partial charge is 0.485 e. The molecular formula is C17H14FN3O2S. The lowest BCUT2D eigenvalue weighted by molar-refractivity contribution is -0.115. The van der Waals surface area contributed by atoms with Crippen LogP contribution in [0.5, 0.6) is 5.75 Å². The van der Waals surface area contributed by atoms with Crippen LogP contribution in [0.2, 0.25) is 0 Å². The Morgan fingerprint density at radius 3 is 2.83 bits per heavy atom. The highest BCUT2D eigenvalue weighted by Gasteiger charge is 2.09. The van der Waals surface area contributed by atoms with E-state index < -0.39 is 0 Å². The lowest BCUT2D eigenvalue weighted by Crippen LogP contribution is -2.14. The lowest BCUT2D eigenvalue weighted by Gasteiger charge is -2.04. The summed E-state index contributed by atoms with van der Waals surface area (Å²) in [5.41, 5.74) is 1.22. The summed E-state index contributed by atoms with van der Waals surface area (Å²) in [6.45, 7) is 0.329. The molecule has 0 bridgehead atoms. The third-order valence-corrected chi connectivity index (χ3v) is 3.94. The van der Waals surface area contributed by atoms with Crippen LogP contribution < -0.4 is 10.1 Å². The second-order valence-electron chi connectivity index (χ2n) is 4.94. The minimum absolute atomic E-state index is 0.154. The average Bonchev–Trinajstić information content (AvgIpc) is 3.03. The van der Waals surface area contributed by atoms with E-state index in [0.717, 1.165) is 5.01 Å². The van der Waals surface area contributed by atoms with Crippen LogP contribution in [0.4, 0.5) is 10.1 Å². The fraction of sp³-hybridized carbons (Fsp3) is 0.118. The van der Waals surface area contributed by atoms with Crippen LogP contribution in [0.25, 0.3) is 0 Å². The molecule has 0 saturated heterocycles. The molecule has 1 amide bonds. The number of thiazole rings is 1. The number of hydrogen-bond acceptors (Lipinski definition) is 5. The van der Waals surface area contributed by atoms with E-state index in [-0.39, 0.29) is 18.1 Å². The van der Waals surface area contributed by atoms with E-state index in [1.807, 2.05) is 11.4 Å². The fourth-order valence-electron chi connectivity index (χ4n) is 1.98. The molecule has 3 aromatic rings. The van der Waals surface area contributed by atoms with Crippen LogP contribution >= 0.6 is 11.3 Å². The van der Waals surface area contributed by atoms with Gasteiger partial charge in [0.2, 0.25) is 5.91 Å². The Labute approximate surface area is 142 Å². The smallest absolute Gasteiger partial charge is 0.230 e. The molecule has 3 rings (SSSR count). The van der Waals surface area contributed by atoms with Crippen LogP contribution in [0.3, 0.4) is 0 Å². The average molecular weight is 343 g/mol. The maximum absolute atomic E-state index is 12.8.